The number of hydrogen-bond donors (Lipinski definition) is 0. The van der Waals surface area contributed by atoms with Crippen LogP contribution in [0.4, 0.5) is 0 Å². The highest BCUT2D eigenvalue weighted by molar-refractivity contribution is 9.10. The minimum absolute atomic E-state index is 0.0387. The Morgan fingerprint density at radius 1 is 1.27 bits per heavy atom. The van der Waals surface area contributed by atoms with E-state index in [1.807, 2.05) is 24.3 Å². The molecular formula is C11H9BrN2O. The summed E-state index contributed by atoms with van der Waals surface area (Å²) in [7, 11) is 0. The average molecular weight is 265 g/mol. The first kappa shape index (κ1) is 10.1. The number of nitrogens with zero attached hydrogens (tertiary/aromatic N) is 2. The lowest BCUT2D eigenvalue weighted by molar-refractivity contribution is 0.735. The van der Waals surface area contributed by atoms with Gasteiger partial charge in [-0.2, -0.15) is 0 Å². The van der Waals surface area contributed by atoms with Crippen molar-refractivity contribution >= 4 is 15.9 Å². The van der Waals surface area contributed by atoms with Crippen LogP contribution in [0.5, 0.6) is 0 Å². The van der Waals surface area contributed by atoms with Gasteiger partial charge in [-0.1, -0.05) is 6.07 Å². The summed E-state index contributed by atoms with van der Waals surface area (Å²) >= 11 is 3.21. The highest BCUT2D eigenvalue weighted by Crippen LogP contribution is 2.02. The topological polar surface area (TPSA) is 34.9 Å². The van der Waals surface area contributed by atoms with Crippen molar-refractivity contribution in [3.05, 3.63) is 63.2 Å². The van der Waals surface area contributed by atoms with Gasteiger partial charge in [-0.15, -0.1) is 0 Å². The predicted molar refractivity (Wildman–Crippen MR) is 61.7 cm³/mol. The zero-order valence-electron chi connectivity index (χ0n) is 7.93. The molecule has 0 saturated carbocycles. The molecule has 0 unspecified atom stereocenters. The van der Waals surface area contributed by atoms with Crippen LogP contribution in [-0.4, -0.2) is 9.55 Å². The van der Waals surface area contributed by atoms with Crippen LogP contribution in [0.15, 0.2) is 52.0 Å². The van der Waals surface area contributed by atoms with Crippen LogP contribution in [0, 0.1) is 0 Å². The van der Waals surface area contributed by atoms with E-state index in [2.05, 4.69) is 20.9 Å². The van der Waals surface area contributed by atoms with E-state index in [-0.39, 0.29) is 5.56 Å². The van der Waals surface area contributed by atoms with Crippen LogP contribution < -0.4 is 5.56 Å². The molecule has 0 fully saturated rings. The van der Waals surface area contributed by atoms with Gasteiger partial charge in [-0.25, -0.2) is 0 Å². The van der Waals surface area contributed by atoms with Crippen molar-refractivity contribution in [2.75, 3.05) is 0 Å². The largest absolute Gasteiger partial charge is 0.309 e. The summed E-state index contributed by atoms with van der Waals surface area (Å²) < 4.78 is 2.19. The molecule has 15 heavy (non-hydrogen) atoms. The van der Waals surface area contributed by atoms with E-state index in [4.69, 9.17) is 0 Å². The van der Waals surface area contributed by atoms with Crippen LogP contribution in [-0.2, 0) is 6.54 Å². The Labute approximate surface area is 95.5 Å². The summed E-state index contributed by atoms with van der Waals surface area (Å²) in [5.74, 6) is 0. The van der Waals surface area contributed by atoms with Gasteiger partial charge in [0, 0.05) is 12.4 Å². The van der Waals surface area contributed by atoms with Crippen molar-refractivity contribution in [3.63, 3.8) is 0 Å². The monoisotopic (exact) mass is 264 g/mol. The molecule has 0 aromatic carbocycles. The molecule has 0 saturated heterocycles. The Hall–Kier alpha value is -1.42. The third-order valence-electron chi connectivity index (χ3n) is 2.03. The minimum atomic E-state index is -0.0387. The third kappa shape index (κ3) is 2.33. The maximum absolute atomic E-state index is 11.7. The van der Waals surface area contributed by atoms with E-state index >= 15 is 0 Å². The Morgan fingerprint density at radius 3 is 2.87 bits per heavy atom. The summed E-state index contributed by atoms with van der Waals surface area (Å²) in [5.41, 5.74) is 0.834. The molecule has 2 heterocycles. The average Bonchev–Trinajstić information content (AvgIpc) is 2.26. The molecule has 0 N–H and O–H groups in total. The summed E-state index contributed by atoms with van der Waals surface area (Å²) in [6.45, 7) is 0.499. The van der Waals surface area contributed by atoms with Gasteiger partial charge >= 0.3 is 0 Å². The number of rotatable bonds is 2. The third-order valence-corrected chi connectivity index (χ3v) is 2.64. The van der Waals surface area contributed by atoms with Gasteiger partial charge in [0.05, 0.1) is 16.7 Å². The zero-order valence-corrected chi connectivity index (χ0v) is 9.52. The molecule has 0 radical (unpaired) electrons. The standard InChI is InChI=1S/C11H9BrN2O/c12-10-5-3-7-14(11(10)15)8-9-4-1-2-6-13-9/h1-7H,8H2. The normalized spacial score (nSPS) is 10.2. The molecule has 0 aliphatic heterocycles. The molecule has 0 aliphatic rings. The van der Waals surface area contributed by atoms with Crippen LogP contribution in [0.2, 0.25) is 0 Å². The van der Waals surface area contributed by atoms with Gasteiger partial charge in [-0.3, -0.25) is 9.78 Å². The van der Waals surface area contributed by atoms with E-state index in [1.54, 1.807) is 23.0 Å². The second-order valence-electron chi connectivity index (χ2n) is 3.11. The lowest BCUT2D eigenvalue weighted by Crippen LogP contribution is -2.20. The van der Waals surface area contributed by atoms with Gasteiger partial charge in [0.2, 0.25) is 0 Å². The van der Waals surface area contributed by atoms with Crippen molar-refractivity contribution < 1.29 is 0 Å². The van der Waals surface area contributed by atoms with Gasteiger partial charge in [0.15, 0.2) is 0 Å². The van der Waals surface area contributed by atoms with Crippen molar-refractivity contribution in [3.8, 4) is 0 Å². The Balaban J connectivity index is 2.33. The van der Waals surface area contributed by atoms with Crippen LogP contribution >= 0.6 is 15.9 Å². The predicted octanol–water partition coefficient (Wildman–Crippen LogP) is 2.05. The first-order chi connectivity index (χ1) is 7.27. The fourth-order valence-electron chi connectivity index (χ4n) is 1.30. The Kier molecular flexibility index (Phi) is 2.97. The number of halogens is 1. The Morgan fingerprint density at radius 2 is 2.13 bits per heavy atom. The fourth-order valence-corrected chi connectivity index (χ4v) is 1.68. The summed E-state index contributed by atoms with van der Waals surface area (Å²) in [4.78, 5) is 15.8. The first-order valence-corrected chi connectivity index (χ1v) is 5.31. The molecule has 2 aromatic rings. The summed E-state index contributed by atoms with van der Waals surface area (Å²) in [6.07, 6.45) is 3.47. The quantitative estimate of drug-likeness (QED) is 0.833. The number of pyridine rings is 2. The molecule has 0 spiro atoms. The Bertz CT molecular complexity index is 507. The van der Waals surface area contributed by atoms with E-state index in [1.165, 1.54) is 0 Å². The molecule has 0 bridgehead atoms. The molecule has 0 atom stereocenters. The first-order valence-electron chi connectivity index (χ1n) is 4.52. The van der Waals surface area contributed by atoms with Crippen molar-refractivity contribution in [2.24, 2.45) is 0 Å². The highest BCUT2D eigenvalue weighted by atomic mass is 79.9. The molecule has 2 aromatic heterocycles. The van der Waals surface area contributed by atoms with E-state index in [9.17, 15) is 4.79 Å². The number of aromatic nitrogens is 2. The summed E-state index contributed by atoms with van der Waals surface area (Å²) in [5, 5.41) is 0. The van der Waals surface area contributed by atoms with Gasteiger partial charge in [0.1, 0.15) is 0 Å². The second kappa shape index (κ2) is 4.40. The van der Waals surface area contributed by atoms with Crippen LogP contribution in [0.3, 0.4) is 0 Å². The minimum Gasteiger partial charge on any atom is -0.309 e. The maximum atomic E-state index is 11.7. The van der Waals surface area contributed by atoms with Crippen molar-refractivity contribution in [2.45, 2.75) is 6.54 Å². The lowest BCUT2D eigenvalue weighted by atomic mass is 10.3. The lowest BCUT2D eigenvalue weighted by Gasteiger charge is -2.04. The van der Waals surface area contributed by atoms with E-state index in [0.29, 0.717) is 11.0 Å². The summed E-state index contributed by atoms with van der Waals surface area (Å²) in [6, 6.07) is 9.22. The van der Waals surface area contributed by atoms with Crippen molar-refractivity contribution in [1.82, 2.24) is 9.55 Å². The molecular weight excluding hydrogens is 256 g/mol. The molecule has 4 heteroatoms. The molecule has 3 nitrogen and oxygen atoms in total. The molecule has 0 amide bonds. The van der Waals surface area contributed by atoms with Crippen molar-refractivity contribution in [1.29, 1.82) is 0 Å². The molecule has 0 aliphatic carbocycles. The van der Waals surface area contributed by atoms with Gasteiger partial charge in [0.25, 0.3) is 5.56 Å². The molecule has 76 valence electrons. The zero-order chi connectivity index (χ0) is 10.7. The van der Waals surface area contributed by atoms with E-state index < -0.39 is 0 Å². The number of hydrogen-bond acceptors (Lipinski definition) is 2. The van der Waals surface area contributed by atoms with Crippen LogP contribution in [0.25, 0.3) is 0 Å². The van der Waals surface area contributed by atoms with Gasteiger partial charge < -0.3 is 4.57 Å². The SMILES string of the molecule is O=c1c(Br)cccn1Cc1ccccn1. The molecule has 2 rings (SSSR count). The highest BCUT2D eigenvalue weighted by Gasteiger charge is 2.00. The second-order valence-corrected chi connectivity index (χ2v) is 3.96. The smallest absolute Gasteiger partial charge is 0.265 e. The van der Waals surface area contributed by atoms with Crippen LogP contribution in [0.1, 0.15) is 5.69 Å². The fraction of sp³-hybridized carbons (Fsp3) is 0.0909. The van der Waals surface area contributed by atoms with Gasteiger partial charge in [-0.05, 0) is 40.2 Å². The maximum Gasteiger partial charge on any atom is 0.265 e. The van der Waals surface area contributed by atoms with E-state index in [0.717, 1.165) is 5.69 Å².